The second-order valence-corrected chi connectivity index (χ2v) is 16.1. The molecule has 1 atom stereocenters. The molecule has 0 radical (unpaired) electrons. The summed E-state index contributed by atoms with van der Waals surface area (Å²) in [5.74, 6) is -0.299. The van der Waals surface area contributed by atoms with Crippen molar-refractivity contribution in [3.63, 3.8) is 0 Å². The number of halogens is 12. The van der Waals surface area contributed by atoms with Crippen molar-refractivity contribution < 1.29 is 71.5 Å². The fourth-order valence-corrected chi connectivity index (χ4v) is 7.02. The molecule has 0 saturated carbocycles. The smallest absolute Gasteiger partial charge is 0.490 e. The summed E-state index contributed by atoms with van der Waals surface area (Å²) in [5.41, 5.74) is -3.22. The number of unbranched alkanes of at least 4 members (excludes halogenated alkanes) is 15. The van der Waals surface area contributed by atoms with E-state index < -0.39 is 54.3 Å². The molecule has 4 rings (SSSR count). The van der Waals surface area contributed by atoms with Gasteiger partial charge >= 0.3 is 32.0 Å². The van der Waals surface area contributed by atoms with Crippen molar-refractivity contribution in [2.45, 2.75) is 148 Å². The Labute approximate surface area is 381 Å². The summed E-state index contributed by atoms with van der Waals surface area (Å²) in [5, 5.41) is 0. The highest BCUT2D eigenvalue weighted by Gasteiger charge is 2.38. The van der Waals surface area contributed by atoms with E-state index in [1.54, 1.807) is 0 Å². The topological polar surface area (TPSA) is 32.1 Å². The lowest BCUT2D eigenvalue weighted by Gasteiger charge is -2.24. The maximum absolute atomic E-state index is 14.1. The molecule has 4 aromatic rings. The lowest BCUT2D eigenvalue weighted by Crippen LogP contribution is -3.07. The van der Waals surface area contributed by atoms with Crippen LogP contribution in [0.5, 0.6) is 17.2 Å². The molecule has 66 heavy (non-hydrogen) atoms. The van der Waals surface area contributed by atoms with Gasteiger partial charge in [0.1, 0.15) is 11.5 Å². The molecule has 0 bridgehead atoms. The zero-order valence-corrected chi connectivity index (χ0v) is 37.4. The zero-order chi connectivity index (χ0) is 48.6. The fraction of sp³-hybridized carbons (Fsp3) is 0.510. The lowest BCUT2D eigenvalue weighted by atomic mass is 10.1. The number of nitrogens with one attached hydrogen (secondary N) is 1. The minimum atomic E-state index is -4.66. The van der Waals surface area contributed by atoms with E-state index >= 15 is 0 Å². The van der Waals surface area contributed by atoms with E-state index in [9.17, 15) is 52.7 Å². The maximum atomic E-state index is 14.1. The largest absolute Gasteiger partial charge is 0.864 e. The first-order valence-corrected chi connectivity index (χ1v) is 22.7. The van der Waals surface area contributed by atoms with Crippen molar-refractivity contribution in [2.24, 2.45) is 0 Å². The number of hydrogen-bond donors (Lipinski definition) is 1. The summed E-state index contributed by atoms with van der Waals surface area (Å²) in [7, 11) is -1.81. The van der Waals surface area contributed by atoms with Crippen LogP contribution in [-0.4, -0.2) is 20.4 Å². The van der Waals surface area contributed by atoms with Crippen LogP contribution >= 0.6 is 0 Å². The van der Waals surface area contributed by atoms with Crippen LogP contribution in [0.3, 0.4) is 0 Å². The van der Waals surface area contributed by atoms with Gasteiger partial charge < -0.3 is 14.0 Å². The number of alkyl halides is 12. The van der Waals surface area contributed by atoms with Gasteiger partial charge in [0.25, 0.3) is 0 Å². The Morgan fingerprint density at radius 3 is 1.09 bits per heavy atom. The van der Waals surface area contributed by atoms with Gasteiger partial charge in [-0.15, -0.1) is 0 Å². The summed E-state index contributed by atoms with van der Waals surface area (Å²) >= 11 is 0. The van der Waals surface area contributed by atoms with Crippen molar-refractivity contribution >= 4 is 13.0 Å². The van der Waals surface area contributed by atoms with E-state index in [0.717, 1.165) is 154 Å². The predicted octanol–water partition coefficient (Wildman–Crippen LogP) is 16.0. The molecule has 0 heterocycles. The van der Waals surface area contributed by atoms with E-state index in [-0.39, 0.29) is 22.9 Å². The van der Waals surface area contributed by atoms with Gasteiger partial charge in [0, 0.05) is 6.07 Å². The Balaban J connectivity index is 0.00000102. The average molecular weight is 950 g/mol. The van der Waals surface area contributed by atoms with Gasteiger partial charge in [-0.3, -0.25) is 4.90 Å². The molecular formula is C49H60BF12NO3. The Hall–Kier alpha value is -4.54. The summed E-state index contributed by atoms with van der Waals surface area (Å²) in [4.78, 5) is 0.764. The molecule has 0 spiro atoms. The molecule has 0 aliphatic rings. The highest BCUT2D eigenvalue weighted by Crippen LogP contribution is 2.36. The van der Waals surface area contributed by atoms with Crippen molar-refractivity contribution in [1.29, 1.82) is 0 Å². The van der Waals surface area contributed by atoms with Crippen LogP contribution in [0.2, 0.25) is 0 Å². The number of rotatable bonds is 26. The highest BCUT2D eigenvalue weighted by molar-refractivity contribution is 6.39. The van der Waals surface area contributed by atoms with Gasteiger partial charge in [-0.1, -0.05) is 103 Å². The SMILES string of the molecule is CCCCCCCCCCCCC[NH+](CCCCCCCC)c1cc(C(F)(F)F)ccc1OB(Oc1ccc(C(F)(F)F)cc1)Oc1ccc(C(F)(F)F)cc1.FC(F)(F)c1cc[c-]cc1. The Kier molecular flexibility index (Phi) is 23.6. The Bertz CT molecular complexity index is 1840. The van der Waals surface area contributed by atoms with E-state index in [4.69, 9.17) is 14.0 Å². The van der Waals surface area contributed by atoms with Crippen LogP contribution in [0.4, 0.5) is 58.4 Å². The van der Waals surface area contributed by atoms with Crippen molar-refractivity contribution in [2.75, 3.05) is 13.1 Å². The molecule has 1 unspecified atom stereocenters. The molecule has 0 amide bonds. The second-order valence-electron chi connectivity index (χ2n) is 16.1. The Morgan fingerprint density at radius 2 is 0.742 bits per heavy atom. The zero-order valence-electron chi connectivity index (χ0n) is 37.4. The van der Waals surface area contributed by atoms with E-state index in [1.807, 2.05) is 0 Å². The van der Waals surface area contributed by atoms with E-state index in [1.165, 1.54) is 50.7 Å². The van der Waals surface area contributed by atoms with Gasteiger partial charge in [-0.2, -0.15) is 83.0 Å². The van der Waals surface area contributed by atoms with E-state index in [2.05, 4.69) is 19.9 Å². The number of benzene rings is 4. The van der Waals surface area contributed by atoms with Crippen LogP contribution in [0.25, 0.3) is 0 Å². The van der Waals surface area contributed by atoms with Gasteiger partial charge in [-0.05, 0) is 86.3 Å². The van der Waals surface area contributed by atoms with Crippen molar-refractivity contribution in [1.82, 2.24) is 0 Å². The molecule has 0 fully saturated rings. The molecule has 0 saturated heterocycles. The monoisotopic (exact) mass is 949 g/mol. The fourth-order valence-electron chi connectivity index (χ4n) is 7.02. The van der Waals surface area contributed by atoms with Crippen LogP contribution in [-0.2, 0) is 24.7 Å². The predicted molar refractivity (Wildman–Crippen MR) is 232 cm³/mol. The van der Waals surface area contributed by atoms with Crippen LogP contribution in [0.1, 0.15) is 145 Å². The molecule has 1 N–H and O–H groups in total. The number of hydrogen-bond acceptors (Lipinski definition) is 3. The van der Waals surface area contributed by atoms with E-state index in [0.29, 0.717) is 13.1 Å². The third-order valence-corrected chi connectivity index (χ3v) is 10.7. The normalized spacial score (nSPS) is 12.6. The molecular weight excluding hydrogens is 889 g/mol. The third kappa shape index (κ3) is 21.4. The highest BCUT2D eigenvalue weighted by atomic mass is 19.4. The van der Waals surface area contributed by atoms with Gasteiger partial charge in [-0.25, -0.2) is 0 Å². The first kappa shape index (κ1) is 55.8. The second kappa shape index (κ2) is 27.9. The van der Waals surface area contributed by atoms with Gasteiger partial charge in [0.15, 0.2) is 11.4 Å². The average Bonchev–Trinajstić information content (AvgIpc) is 3.26. The third-order valence-electron chi connectivity index (χ3n) is 10.7. The van der Waals surface area contributed by atoms with Gasteiger partial charge in [0.05, 0.1) is 29.8 Å². The summed E-state index contributed by atoms with van der Waals surface area (Å²) in [6.07, 6.45) is 0.0147. The van der Waals surface area contributed by atoms with Crippen LogP contribution in [0, 0.1) is 6.07 Å². The summed E-state index contributed by atoms with van der Waals surface area (Å²) in [6.45, 7) is 5.35. The Morgan fingerprint density at radius 1 is 0.409 bits per heavy atom. The minimum absolute atomic E-state index is 0.0223. The molecule has 4 aromatic carbocycles. The quantitative estimate of drug-likeness (QED) is 0.0295. The van der Waals surface area contributed by atoms with Crippen LogP contribution in [0.15, 0.2) is 91.0 Å². The summed E-state index contributed by atoms with van der Waals surface area (Å²) in [6, 6.07) is 17.2. The molecule has 0 aliphatic carbocycles. The maximum Gasteiger partial charge on any atom is 0.864 e. The molecule has 4 nitrogen and oxygen atoms in total. The standard InChI is InChI=1S/C42H55BF9NO3.C7H4F3/c1-3-5-7-9-11-12-13-14-15-17-19-31-53(30-18-16-10-8-6-4-2)38-32-35(42(50,51)52)24-29-39(38)56-43(54-36-25-20-33(21-26-36)40(44,45)46)55-37-27-22-34(23-28-37)41(47,48)49;8-7(9,10)6-4-2-1-3-5-6/h20-29,32H,3-19,30-31H2,1-2H3;2-5H/q;-1/p+1. The van der Waals surface area contributed by atoms with Crippen molar-refractivity contribution in [3.8, 4) is 17.2 Å². The first-order chi connectivity index (χ1) is 31.2. The van der Waals surface area contributed by atoms with Crippen molar-refractivity contribution in [3.05, 3.63) is 119 Å². The first-order valence-electron chi connectivity index (χ1n) is 22.7. The molecule has 366 valence electrons. The molecule has 0 aromatic heterocycles. The minimum Gasteiger partial charge on any atom is -0.490 e. The molecule has 0 aliphatic heterocycles. The summed E-state index contributed by atoms with van der Waals surface area (Å²) < 4.78 is 175. The van der Waals surface area contributed by atoms with Gasteiger partial charge in [0.2, 0.25) is 0 Å². The molecule has 17 heteroatoms. The van der Waals surface area contributed by atoms with Crippen LogP contribution < -0.4 is 18.9 Å². The number of quaternary nitrogens is 1. The lowest BCUT2D eigenvalue weighted by molar-refractivity contribution is -0.833.